The van der Waals surface area contributed by atoms with Gasteiger partial charge in [-0.1, -0.05) is 12.1 Å². The van der Waals surface area contributed by atoms with Crippen LogP contribution in [0.25, 0.3) is 5.69 Å². The van der Waals surface area contributed by atoms with Gasteiger partial charge in [0.05, 0.1) is 18.8 Å². The van der Waals surface area contributed by atoms with Crippen LogP contribution in [0.5, 0.6) is 0 Å². The maximum Gasteiger partial charge on any atom is 0.189 e. The predicted molar refractivity (Wildman–Crippen MR) is 81.2 cm³/mol. The lowest BCUT2D eigenvalue weighted by Gasteiger charge is -2.13. The molecule has 1 heterocycles. The molecule has 21 heavy (non-hydrogen) atoms. The van der Waals surface area contributed by atoms with Gasteiger partial charge >= 0.3 is 0 Å². The van der Waals surface area contributed by atoms with E-state index in [1.807, 2.05) is 31.2 Å². The minimum Gasteiger partial charge on any atom is -0.383 e. The van der Waals surface area contributed by atoms with Crippen LogP contribution < -0.4 is 11.1 Å². The summed E-state index contributed by atoms with van der Waals surface area (Å²) in [6.07, 6.45) is 3.16. The fraction of sp³-hybridized carbons (Fsp3) is 0.357. The smallest absolute Gasteiger partial charge is 0.189 e. The zero-order valence-corrected chi connectivity index (χ0v) is 12.2. The molecule has 0 aliphatic heterocycles. The monoisotopic (exact) mass is 288 g/mol. The van der Waals surface area contributed by atoms with Crippen molar-refractivity contribution < 1.29 is 4.74 Å². The number of guanidine groups is 1. The van der Waals surface area contributed by atoms with Gasteiger partial charge in [0.2, 0.25) is 0 Å². The maximum atomic E-state index is 5.82. The first-order valence-electron chi connectivity index (χ1n) is 6.68. The molecule has 7 nitrogen and oxygen atoms in total. The SMILES string of the molecule is COCC(C)NC(N)=NCc1ccc(-n2cncn2)cc1. The number of methoxy groups -OCH3 is 1. The minimum absolute atomic E-state index is 0.133. The van der Waals surface area contributed by atoms with Crippen molar-refractivity contribution in [3.05, 3.63) is 42.5 Å². The number of nitrogens with two attached hydrogens (primary N) is 1. The second-order valence-electron chi connectivity index (χ2n) is 4.71. The summed E-state index contributed by atoms with van der Waals surface area (Å²) < 4.78 is 6.73. The van der Waals surface area contributed by atoms with E-state index in [-0.39, 0.29) is 6.04 Å². The Labute approximate surface area is 123 Å². The largest absolute Gasteiger partial charge is 0.383 e. The number of hydrogen-bond donors (Lipinski definition) is 2. The molecule has 0 amide bonds. The molecule has 1 aromatic heterocycles. The van der Waals surface area contributed by atoms with Gasteiger partial charge < -0.3 is 15.8 Å². The molecule has 0 saturated heterocycles. The Morgan fingerprint density at radius 2 is 2.19 bits per heavy atom. The lowest BCUT2D eigenvalue weighted by molar-refractivity contribution is 0.179. The van der Waals surface area contributed by atoms with Gasteiger partial charge in [-0.3, -0.25) is 0 Å². The molecule has 3 N–H and O–H groups in total. The molecule has 0 fully saturated rings. The van der Waals surface area contributed by atoms with Crippen molar-refractivity contribution in [1.82, 2.24) is 20.1 Å². The van der Waals surface area contributed by atoms with E-state index in [1.165, 1.54) is 6.33 Å². The molecule has 0 radical (unpaired) electrons. The highest BCUT2D eigenvalue weighted by Gasteiger charge is 2.02. The standard InChI is InChI=1S/C14H20N6O/c1-11(8-21-2)19-14(15)17-7-12-3-5-13(6-4-12)20-10-16-9-18-20/h3-6,9-11H,7-8H2,1-2H3,(H3,15,17,19). The van der Waals surface area contributed by atoms with Gasteiger partial charge in [0.25, 0.3) is 0 Å². The van der Waals surface area contributed by atoms with Crippen molar-refractivity contribution in [2.45, 2.75) is 19.5 Å². The third-order valence-corrected chi connectivity index (χ3v) is 2.86. The van der Waals surface area contributed by atoms with E-state index in [2.05, 4.69) is 20.4 Å². The van der Waals surface area contributed by atoms with Gasteiger partial charge in [-0.05, 0) is 24.6 Å². The quantitative estimate of drug-likeness (QED) is 0.603. The van der Waals surface area contributed by atoms with Crippen LogP contribution in [0.3, 0.4) is 0 Å². The minimum atomic E-state index is 0.133. The number of nitrogens with zero attached hydrogens (tertiary/aromatic N) is 4. The first-order chi connectivity index (χ1) is 10.2. The van der Waals surface area contributed by atoms with Crippen LogP contribution in [0.15, 0.2) is 41.9 Å². The molecule has 1 atom stereocenters. The summed E-state index contributed by atoms with van der Waals surface area (Å²) in [5.41, 5.74) is 7.85. The second-order valence-corrected chi connectivity index (χ2v) is 4.71. The van der Waals surface area contributed by atoms with Gasteiger partial charge in [0, 0.05) is 13.2 Å². The summed E-state index contributed by atoms with van der Waals surface area (Å²) in [5, 5.41) is 7.14. The van der Waals surface area contributed by atoms with Gasteiger partial charge in [0.1, 0.15) is 12.7 Å². The van der Waals surface area contributed by atoms with Crippen molar-refractivity contribution in [3.8, 4) is 5.69 Å². The van der Waals surface area contributed by atoms with Crippen LogP contribution in [-0.2, 0) is 11.3 Å². The Bertz CT molecular complexity index is 564. The van der Waals surface area contributed by atoms with Crippen molar-refractivity contribution in [3.63, 3.8) is 0 Å². The summed E-state index contributed by atoms with van der Waals surface area (Å²) >= 11 is 0. The fourth-order valence-corrected chi connectivity index (χ4v) is 1.86. The van der Waals surface area contributed by atoms with Crippen molar-refractivity contribution in [2.75, 3.05) is 13.7 Å². The Kier molecular flexibility index (Phi) is 5.28. The lowest BCUT2D eigenvalue weighted by Crippen LogP contribution is -2.40. The average Bonchev–Trinajstić information content (AvgIpc) is 3.00. The summed E-state index contributed by atoms with van der Waals surface area (Å²) in [7, 11) is 1.65. The molecule has 1 unspecified atom stereocenters. The summed E-state index contributed by atoms with van der Waals surface area (Å²) in [6, 6.07) is 8.06. The highest BCUT2D eigenvalue weighted by atomic mass is 16.5. The third-order valence-electron chi connectivity index (χ3n) is 2.86. The van der Waals surface area contributed by atoms with Crippen LogP contribution in [0.4, 0.5) is 0 Å². The molecule has 2 rings (SSSR count). The van der Waals surface area contributed by atoms with E-state index in [9.17, 15) is 0 Å². The Morgan fingerprint density at radius 1 is 1.43 bits per heavy atom. The molecule has 1 aromatic carbocycles. The van der Waals surface area contributed by atoms with Crippen LogP contribution >= 0.6 is 0 Å². The van der Waals surface area contributed by atoms with Crippen LogP contribution in [-0.4, -0.2) is 40.5 Å². The highest BCUT2D eigenvalue weighted by molar-refractivity contribution is 5.78. The fourth-order valence-electron chi connectivity index (χ4n) is 1.86. The Balaban J connectivity index is 1.91. The van der Waals surface area contributed by atoms with E-state index >= 15 is 0 Å². The zero-order valence-electron chi connectivity index (χ0n) is 12.2. The van der Waals surface area contributed by atoms with E-state index in [1.54, 1.807) is 18.1 Å². The highest BCUT2D eigenvalue weighted by Crippen LogP contribution is 2.08. The van der Waals surface area contributed by atoms with Crippen molar-refractivity contribution in [1.29, 1.82) is 0 Å². The molecule has 7 heteroatoms. The van der Waals surface area contributed by atoms with Crippen LogP contribution in [0.1, 0.15) is 12.5 Å². The molecule has 0 aliphatic rings. The molecule has 0 spiro atoms. The Morgan fingerprint density at radius 3 is 2.81 bits per heavy atom. The Hall–Kier alpha value is -2.41. The number of ether oxygens (including phenoxy) is 1. The summed E-state index contributed by atoms with van der Waals surface area (Å²) in [5.74, 6) is 0.417. The second kappa shape index (κ2) is 7.39. The third kappa shape index (κ3) is 4.57. The molecular formula is C14H20N6O. The molecule has 2 aromatic rings. The number of aliphatic imine (C=N–C) groups is 1. The number of rotatable bonds is 6. The van der Waals surface area contributed by atoms with Gasteiger partial charge in [-0.2, -0.15) is 5.10 Å². The summed E-state index contributed by atoms with van der Waals surface area (Å²) in [6.45, 7) is 3.10. The topological polar surface area (TPSA) is 90.3 Å². The van der Waals surface area contributed by atoms with E-state index < -0.39 is 0 Å². The van der Waals surface area contributed by atoms with Crippen LogP contribution in [0, 0.1) is 0 Å². The van der Waals surface area contributed by atoms with E-state index in [4.69, 9.17) is 10.5 Å². The average molecular weight is 288 g/mol. The number of benzene rings is 1. The van der Waals surface area contributed by atoms with Gasteiger partial charge in [0.15, 0.2) is 5.96 Å². The maximum absolute atomic E-state index is 5.82. The van der Waals surface area contributed by atoms with Crippen LogP contribution in [0.2, 0.25) is 0 Å². The normalized spacial score (nSPS) is 13.1. The first-order valence-corrected chi connectivity index (χ1v) is 6.68. The molecule has 0 bridgehead atoms. The van der Waals surface area contributed by atoms with E-state index in [0.29, 0.717) is 19.1 Å². The molecule has 112 valence electrons. The zero-order chi connectivity index (χ0) is 15.1. The number of aromatic nitrogens is 3. The van der Waals surface area contributed by atoms with Gasteiger partial charge in [-0.15, -0.1) is 0 Å². The number of nitrogens with one attached hydrogen (secondary N) is 1. The summed E-state index contributed by atoms with van der Waals surface area (Å²) in [4.78, 5) is 8.22. The first kappa shape index (κ1) is 15.0. The van der Waals surface area contributed by atoms with Crippen molar-refractivity contribution in [2.24, 2.45) is 10.7 Å². The lowest BCUT2D eigenvalue weighted by atomic mass is 10.2. The predicted octanol–water partition coefficient (Wildman–Crippen LogP) is 0.707. The van der Waals surface area contributed by atoms with Crippen molar-refractivity contribution >= 4 is 5.96 Å². The molecular weight excluding hydrogens is 268 g/mol. The molecule has 0 aliphatic carbocycles. The number of hydrogen-bond acceptors (Lipinski definition) is 4. The van der Waals surface area contributed by atoms with Gasteiger partial charge in [-0.25, -0.2) is 14.7 Å². The van der Waals surface area contributed by atoms with E-state index in [0.717, 1.165) is 11.3 Å². The molecule has 0 saturated carbocycles.